The summed E-state index contributed by atoms with van der Waals surface area (Å²) in [6.45, 7) is 3.55. The number of benzene rings is 1. The minimum Gasteiger partial charge on any atom is -0.381 e. The summed E-state index contributed by atoms with van der Waals surface area (Å²) in [6.07, 6.45) is 2.19. The Morgan fingerprint density at radius 3 is 2.94 bits per heavy atom. The Labute approximate surface area is 102 Å². The molecule has 0 spiro atoms. The summed E-state index contributed by atoms with van der Waals surface area (Å²) in [7, 11) is 1.96. The highest BCUT2D eigenvalue weighted by atomic mass is 19.1. The molecule has 0 aliphatic carbocycles. The molecule has 2 atom stereocenters. The van der Waals surface area contributed by atoms with Gasteiger partial charge in [0.15, 0.2) is 0 Å². The van der Waals surface area contributed by atoms with Gasteiger partial charge in [0.25, 0.3) is 0 Å². The van der Waals surface area contributed by atoms with Crippen LogP contribution in [-0.2, 0) is 4.74 Å². The molecule has 1 aliphatic heterocycles. The summed E-state index contributed by atoms with van der Waals surface area (Å²) < 4.78 is 18.6. The van der Waals surface area contributed by atoms with Crippen LogP contribution in [-0.4, -0.2) is 20.3 Å². The van der Waals surface area contributed by atoms with Crippen molar-refractivity contribution in [2.24, 2.45) is 5.92 Å². The third-order valence-electron chi connectivity index (χ3n) is 3.53. The highest BCUT2D eigenvalue weighted by molar-refractivity contribution is 5.26. The van der Waals surface area contributed by atoms with E-state index in [9.17, 15) is 4.39 Å². The first-order valence-corrected chi connectivity index (χ1v) is 6.21. The van der Waals surface area contributed by atoms with Gasteiger partial charge in [0, 0.05) is 19.3 Å². The average molecular weight is 237 g/mol. The van der Waals surface area contributed by atoms with E-state index in [1.807, 2.05) is 26.1 Å². The average Bonchev–Trinajstić information content (AvgIpc) is 2.82. The van der Waals surface area contributed by atoms with Gasteiger partial charge in [-0.2, -0.15) is 0 Å². The topological polar surface area (TPSA) is 21.3 Å². The van der Waals surface area contributed by atoms with Crippen LogP contribution in [0.1, 0.15) is 30.0 Å². The fraction of sp³-hybridized carbons (Fsp3) is 0.571. The summed E-state index contributed by atoms with van der Waals surface area (Å²) in [6, 6.07) is 5.66. The van der Waals surface area contributed by atoms with Crippen molar-refractivity contribution in [2.75, 3.05) is 20.3 Å². The van der Waals surface area contributed by atoms with Gasteiger partial charge in [0.05, 0.1) is 0 Å². The largest absolute Gasteiger partial charge is 0.381 e. The molecule has 0 aromatic heterocycles. The summed E-state index contributed by atoms with van der Waals surface area (Å²) in [5.74, 6) is 0.491. The zero-order chi connectivity index (χ0) is 12.3. The monoisotopic (exact) mass is 237 g/mol. The Kier molecular flexibility index (Phi) is 4.13. The molecule has 1 aromatic rings. The molecule has 1 N–H and O–H groups in total. The first-order chi connectivity index (χ1) is 8.20. The first kappa shape index (κ1) is 12.5. The van der Waals surface area contributed by atoms with Crippen LogP contribution < -0.4 is 5.32 Å². The molecule has 3 heteroatoms. The molecule has 1 heterocycles. The molecule has 2 rings (SSSR count). The van der Waals surface area contributed by atoms with Crippen LogP contribution in [0.5, 0.6) is 0 Å². The number of halogens is 1. The van der Waals surface area contributed by atoms with Gasteiger partial charge in [-0.1, -0.05) is 12.1 Å². The van der Waals surface area contributed by atoms with Crippen molar-refractivity contribution in [3.8, 4) is 0 Å². The quantitative estimate of drug-likeness (QED) is 0.869. The van der Waals surface area contributed by atoms with Crippen LogP contribution in [0.2, 0.25) is 0 Å². The second-order valence-corrected chi connectivity index (χ2v) is 4.82. The van der Waals surface area contributed by atoms with E-state index in [4.69, 9.17) is 4.74 Å². The van der Waals surface area contributed by atoms with Gasteiger partial charge in [0.1, 0.15) is 5.82 Å². The van der Waals surface area contributed by atoms with Gasteiger partial charge < -0.3 is 10.1 Å². The number of hydrogen-bond donors (Lipinski definition) is 1. The maximum absolute atomic E-state index is 13.2. The molecule has 17 heavy (non-hydrogen) atoms. The summed E-state index contributed by atoms with van der Waals surface area (Å²) >= 11 is 0. The molecular formula is C14H20FNO. The van der Waals surface area contributed by atoms with E-state index < -0.39 is 0 Å². The van der Waals surface area contributed by atoms with Gasteiger partial charge in [0.2, 0.25) is 0 Å². The van der Waals surface area contributed by atoms with E-state index in [2.05, 4.69) is 5.32 Å². The Balaban J connectivity index is 2.08. The van der Waals surface area contributed by atoms with Gasteiger partial charge in [-0.3, -0.25) is 0 Å². The lowest BCUT2D eigenvalue weighted by Crippen LogP contribution is -2.20. The lowest BCUT2D eigenvalue weighted by molar-refractivity contribution is 0.181. The summed E-state index contributed by atoms with van der Waals surface area (Å²) in [5.41, 5.74) is 1.88. The minimum absolute atomic E-state index is 0.132. The predicted octanol–water partition coefficient (Wildman–Crippen LogP) is 2.82. The Bertz CT molecular complexity index is 374. The maximum Gasteiger partial charge on any atom is 0.126 e. The molecule has 0 saturated carbocycles. The summed E-state index contributed by atoms with van der Waals surface area (Å²) in [5, 5.41) is 3.31. The second kappa shape index (κ2) is 5.61. The number of hydrogen-bond acceptors (Lipinski definition) is 2. The number of aryl methyl sites for hydroxylation is 1. The Morgan fingerprint density at radius 1 is 1.53 bits per heavy atom. The number of ether oxygens (including phenoxy) is 1. The number of rotatable bonds is 4. The molecule has 0 bridgehead atoms. The van der Waals surface area contributed by atoms with Gasteiger partial charge in [-0.05, 0) is 49.9 Å². The first-order valence-electron chi connectivity index (χ1n) is 6.21. The van der Waals surface area contributed by atoms with Crippen molar-refractivity contribution in [2.45, 2.75) is 25.8 Å². The van der Waals surface area contributed by atoms with Gasteiger partial charge >= 0.3 is 0 Å². The zero-order valence-corrected chi connectivity index (χ0v) is 10.5. The summed E-state index contributed by atoms with van der Waals surface area (Å²) in [4.78, 5) is 0. The predicted molar refractivity (Wildman–Crippen MR) is 66.5 cm³/mol. The molecule has 1 fully saturated rings. The van der Waals surface area contributed by atoms with Crippen LogP contribution in [0, 0.1) is 18.7 Å². The highest BCUT2D eigenvalue weighted by Crippen LogP contribution is 2.27. The standard InChI is InChI=1S/C14H20FNO/c1-10-7-12(3-4-13(10)15)14(16-2)8-11-5-6-17-9-11/h3-4,7,11,14,16H,5-6,8-9H2,1-2H3. The van der Waals surface area contributed by atoms with Crippen LogP contribution in [0.3, 0.4) is 0 Å². The fourth-order valence-electron chi connectivity index (χ4n) is 2.41. The van der Waals surface area contributed by atoms with Crippen molar-refractivity contribution < 1.29 is 9.13 Å². The SMILES string of the molecule is CNC(CC1CCOC1)c1ccc(F)c(C)c1. The minimum atomic E-state index is -0.132. The van der Waals surface area contributed by atoms with Gasteiger partial charge in [-0.25, -0.2) is 4.39 Å². The normalized spacial score (nSPS) is 21.7. The zero-order valence-electron chi connectivity index (χ0n) is 10.5. The molecule has 2 unspecified atom stereocenters. The fourth-order valence-corrected chi connectivity index (χ4v) is 2.41. The molecule has 94 valence electrons. The van der Waals surface area contributed by atoms with Crippen molar-refractivity contribution in [3.63, 3.8) is 0 Å². The van der Waals surface area contributed by atoms with E-state index in [1.54, 1.807) is 6.07 Å². The van der Waals surface area contributed by atoms with Crippen molar-refractivity contribution in [1.82, 2.24) is 5.32 Å². The van der Waals surface area contributed by atoms with Crippen LogP contribution in [0.15, 0.2) is 18.2 Å². The van der Waals surface area contributed by atoms with Crippen molar-refractivity contribution in [1.29, 1.82) is 0 Å². The highest BCUT2D eigenvalue weighted by Gasteiger charge is 2.21. The van der Waals surface area contributed by atoms with Gasteiger partial charge in [-0.15, -0.1) is 0 Å². The van der Waals surface area contributed by atoms with E-state index >= 15 is 0 Å². The Morgan fingerprint density at radius 2 is 2.35 bits per heavy atom. The Hall–Kier alpha value is -0.930. The smallest absolute Gasteiger partial charge is 0.126 e. The van der Waals surface area contributed by atoms with Crippen LogP contribution in [0.25, 0.3) is 0 Å². The van der Waals surface area contributed by atoms with E-state index in [1.165, 1.54) is 5.56 Å². The van der Waals surface area contributed by atoms with E-state index in [0.717, 1.165) is 26.1 Å². The third kappa shape index (κ3) is 3.05. The molecule has 1 saturated heterocycles. The van der Waals surface area contributed by atoms with Crippen molar-refractivity contribution in [3.05, 3.63) is 35.1 Å². The van der Waals surface area contributed by atoms with Crippen molar-refractivity contribution >= 4 is 0 Å². The molecule has 0 radical (unpaired) electrons. The van der Waals surface area contributed by atoms with Crippen LogP contribution >= 0.6 is 0 Å². The van der Waals surface area contributed by atoms with E-state index in [0.29, 0.717) is 17.5 Å². The van der Waals surface area contributed by atoms with Crippen LogP contribution in [0.4, 0.5) is 4.39 Å². The maximum atomic E-state index is 13.2. The second-order valence-electron chi connectivity index (χ2n) is 4.82. The third-order valence-corrected chi connectivity index (χ3v) is 3.53. The molecule has 2 nitrogen and oxygen atoms in total. The lowest BCUT2D eigenvalue weighted by atomic mass is 9.93. The van der Waals surface area contributed by atoms with E-state index in [-0.39, 0.29) is 5.82 Å². The molecule has 1 aromatic carbocycles. The number of nitrogens with one attached hydrogen (secondary N) is 1. The molecular weight excluding hydrogens is 217 g/mol. The lowest BCUT2D eigenvalue weighted by Gasteiger charge is -2.20. The molecule has 0 amide bonds. The molecule has 1 aliphatic rings.